The number of carbonyl (C=O) groups excluding carboxylic acids is 1. The van der Waals surface area contributed by atoms with Crippen LogP contribution in [0.5, 0.6) is 5.75 Å². The number of aromatic amines is 1. The van der Waals surface area contributed by atoms with Gasteiger partial charge in [-0.05, 0) is 49.7 Å². The van der Waals surface area contributed by atoms with Crippen LogP contribution in [0.4, 0.5) is 10.5 Å². The van der Waals surface area contributed by atoms with Crippen LogP contribution in [0.25, 0.3) is 10.9 Å². The van der Waals surface area contributed by atoms with Gasteiger partial charge in [0.05, 0.1) is 11.8 Å². The molecule has 0 bridgehead atoms. The van der Waals surface area contributed by atoms with Gasteiger partial charge in [-0.15, -0.1) is 0 Å². The first-order valence-corrected chi connectivity index (χ1v) is 7.98. The Kier molecular flexibility index (Phi) is 4.70. The van der Waals surface area contributed by atoms with E-state index in [-0.39, 0.29) is 12.1 Å². The molecule has 0 aliphatic rings. The Balaban J connectivity index is 1.56. The van der Waals surface area contributed by atoms with Crippen molar-refractivity contribution < 1.29 is 9.53 Å². The van der Waals surface area contributed by atoms with Gasteiger partial charge in [0, 0.05) is 23.6 Å². The molecule has 0 radical (unpaired) electrons. The summed E-state index contributed by atoms with van der Waals surface area (Å²) >= 11 is 0. The molecule has 0 saturated carbocycles. The van der Waals surface area contributed by atoms with E-state index in [1.54, 1.807) is 0 Å². The number of benzene rings is 2. The molecule has 0 atom stereocenters. The zero-order valence-corrected chi connectivity index (χ0v) is 13.8. The number of ether oxygens (including phenoxy) is 1. The molecule has 0 aliphatic carbocycles. The Morgan fingerprint density at radius 2 is 1.92 bits per heavy atom. The van der Waals surface area contributed by atoms with Crippen molar-refractivity contribution in [1.82, 2.24) is 10.3 Å². The molecule has 3 N–H and O–H groups in total. The van der Waals surface area contributed by atoms with Gasteiger partial charge in [0.1, 0.15) is 5.75 Å². The first-order valence-electron chi connectivity index (χ1n) is 7.98. The van der Waals surface area contributed by atoms with Crippen LogP contribution in [-0.2, 0) is 6.54 Å². The topological polar surface area (TPSA) is 66.2 Å². The van der Waals surface area contributed by atoms with Crippen LogP contribution in [0.2, 0.25) is 0 Å². The number of aromatic nitrogens is 1. The molecule has 5 heteroatoms. The average molecular weight is 323 g/mol. The maximum absolute atomic E-state index is 12.1. The number of H-pyrrole nitrogens is 1. The number of fused-ring (bicyclic) bond motifs is 1. The van der Waals surface area contributed by atoms with Gasteiger partial charge in [-0.1, -0.05) is 18.2 Å². The van der Waals surface area contributed by atoms with E-state index in [9.17, 15) is 4.79 Å². The largest absolute Gasteiger partial charge is 0.491 e. The maximum Gasteiger partial charge on any atom is 0.319 e. The van der Waals surface area contributed by atoms with Crippen molar-refractivity contribution in [2.45, 2.75) is 26.5 Å². The summed E-state index contributed by atoms with van der Waals surface area (Å²) in [5, 5.41) is 6.74. The summed E-state index contributed by atoms with van der Waals surface area (Å²) in [5.74, 6) is 0.831. The summed E-state index contributed by atoms with van der Waals surface area (Å²) in [6.45, 7) is 4.44. The van der Waals surface area contributed by atoms with Gasteiger partial charge in [0.2, 0.25) is 0 Å². The van der Waals surface area contributed by atoms with Gasteiger partial charge in [0.15, 0.2) is 0 Å². The Bertz CT molecular complexity index is 822. The first kappa shape index (κ1) is 15.9. The summed E-state index contributed by atoms with van der Waals surface area (Å²) in [7, 11) is 0. The first-order chi connectivity index (χ1) is 11.6. The van der Waals surface area contributed by atoms with Crippen molar-refractivity contribution in [2.24, 2.45) is 0 Å². The van der Waals surface area contributed by atoms with E-state index >= 15 is 0 Å². The number of hydrogen-bond donors (Lipinski definition) is 3. The molecule has 0 spiro atoms. The van der Waals surface area contributed by atoms with E-state index in [1.165, 1.54) is 0 Å². The lowest BCUT2D eigenvalue weighted by Gasteiger charge is -2.11. The van der Waals surface area contributed by atoms with Crippen LogP contribution in [0, 0.1) is 0 Å². The van der Waals surface area contributed by atoms with Crippen LogP contribution >= 0.6 is 0 Å². The zero-order valence-electron chi connectivity index (χ0n) is 13.8. The summed E-state index contributed by atoms with van der Waals surface area (Å²) in [5.41, 5.74) is 2.79. The molecule has 0 aliphatic heterocycles. The summed E-state index contributed by atoms with van der Waals surface area (Å²) in [4.78, 5) is 15.2. The highest BCUT2D eigenvalue weighted by Crippen LogP contribution is 2.22. The van der Waals surface area contributed by atoms with Crippen molar-refractivity contribution >= 4 is 22.6 Å². The second kappa shape index (κ2) is 7.08. The molecular weight excluding hydrogens is 302 g/mol. The minimum atomic E-state index is -0.230. The highest BCUT2D eigenvalue weighted by molar-refractivity contribution is 6.00. The van der Waals surface area contributed by atoms with Gasteiger partial charge in [-0.2, -0.15) is 0 Å². The molecule has 1 aromatic heterocycles. The molecule has 24 heavy (non-hydrogen) atoms. The second-order valence-electron chi connectivity index (χ2n) is 5.86. The molecule has 2 aromatic carbocycles. The van der Waals surface area contributed by atoms with Crippen LogP contribution in [0.1, 0.15) is 19.4 Å². The molecule has 5 nitrogen and oxygen atoms in total. The monoisotopic (exact) mass is 323 g/mol. The number of hydrogen-bond acceptors (Lipinski definition) is 2. The van der Waals surface area contributed by atoms with E-state index in [4.69, 9.17) is 4.74 Å². The van der Waals surface area contributed by atoms with E-state index in [1.807, 2.05) is 68.6 Å². The summed E-state index contributed by atoms with van der Waals surface area (Å²) in [6, 6.07) is 15.2. The highest BCUT2D eigenvalue weighted by atomic mass is 16.5. The molecule has 0 unspecified atom stereocenters. The molecule has 124 valence electrons. The molecule has 3 rings (SSSR count). The number of carbonyl (C=O) groups is 1. The van der Waals surface area contributed by atoms with Gasteiger partial charge in [-0.3, -0.25) is 0 Å². The van der Waals surface area contributed by atoms with Crippen LogP contribution < -0.4 is 15.4 Å². The maximum atomic E-state index is 12.1. The SMILES string of the molecule is CC(C)Oc1ccc(CNC(=O)Nc2cccc3[nH]ccc23)cc1. The standard InChI is InChI=1S/C19H21N3O2/c1-13(2)24-15-8-6-14(7-9-15)12-21-19(23)22-18-5-3-4-17-16(18)10-11-20-17/h3-11,13,20H,12H2,1-2H3,(H2,21,22,23). The minimum Gasteiger partial charge on any atom is -0.491 e. The minimum absolute atomic E-state index is 0.149. The smallest absolute Gasteiger partial charge is 0.319 e. The van der Waals surface area contributed by atoms with Crippen molar-refractivity contribution in [3.8, 4) is 5.75 Å². The van der Waals surface area contributed by atoms with Gasteiger partial charge < -0.3 is 20.4 Å². The Hall–Kier alpha value is -2.95. The van der Waals surface area contributed by atoms with Crippen LogP contribution in [0.15, 0.2) is 54.7 Å². The lowest BCUT2D eigenvalue weighted by atomic mass is 10.2. The fourth-order valence-corrected chi connectivity index (χ4v) is 2.50. The van der Waals surface area contributed by atoms with Crippen molar-refractivity contribution in [3.63, 3.8) is 0 Å². The van der Waals surface area contributed by atoms with Crippen LogP contribution in [0.3, 0.4) is 0 Å². The zero-order chi connectivity index (χ0) is 16.9. The van der Waals surface area contributed by atoms with E-state index in [0.717, 1.165) is 27.9 Å². The predicted octanol–water partition coefficient (Wildman–Crippen LogP) is 4.28. The molecule has 2 amide bonds. The van der Waals surface area contributed by atoms with E-state index < -0.39 is 0 Å². The van der Waals surface area contributed by atoms with E-state index in [0.29, 0.717) is 6.54 Å². The predicted molar refractivity (Wildman–Crippen MR) is 96.4 cm³/mol. The molecular formula is C19H21N3O2. The van der Waals surface area contributed by atoms with E-state index in [2.05, 4.69) is 15.6 Å². The number of amides is 2. The van der Waals surface area contributed by atoms with Crippen molar-refractivity contribution in [3.05, 3.63) is 60.3 Å². The number of nitrogens with one attached hydrogen (secondary N) is 3. The lowest BCUT2D eigenvalue weighted by molar-refractivity contribution is 0.242. The summed E-state index contributed by atoms with van der Waals surface area (Å²) < 4.78 is 5.60. The third-order valence-electron chi connectivity index (χ3n) is 3.59. The highest BCUT2D eigenvalue weighted by Gasteiger charge is 2.06. The van der Waals surface area contributed by atoms with Gasteiger partial charge in [-0.25, -0.2) is 4.79 Å². The quantitative estimate of drug-likeness (QED) is 0.656. The number of rotatable bonds is 5. The average Bonchev–Trinajstić information content (AvgIpc) is 3.03. The third kappa shape index (κ3) is 3.87. The fourth-order valence-electron chi connectivity index (χ4n) is 2.50. The second-order valence-corrected chi connectivity index (χ2v) is 5.86. The van der Waals surface area contributed by atoms with Crippen molar-refractivity contribution in [2.75, 3.05) is 5.32 Å². The molecule has 0 fully saturated rings. The normalized spacial score (nSPS) is 10.8. The van der Waals surface area contributed by atoms with Gasteiger partial charge in [0.25, 0.3) is 0 Å². The summed E-state index contributed by atoms with van der Waals surface area (Å²) in [6.07, 6.45) is 2.00. The molecule has 0 saturated heterocycles. The Morgan fingerprint density at radius 1 is 1.12 bits per heavy atom. The molecule has 3 aromatic rings. The Labute approximate surface area is 141 Å². The Morgan fingerprint density at radius 3 is 2.67 bits per heavy atom. The number of anilines is 1. The molecule has 1 heterocycles. The lowest BCUT2D eigenvalue weighted by Crippen LogP contribution is -2.28. The third-order valence-corrected chi connectivity index (χ3v) is 3.59. The number of urea groups is 1. The van der Waals surface area contributed by atoms with Crippen molar-refractivity contribution in [1.29, 1.82) is 0 Å². The van der Waals surface area contributed by atoms with Gasteiger partial charge >= 0.3 is 6.03 Å². The van der Waals surface area contributed by atoms with Crippen LogP contribution in [-0.4, -0.2) is 17.1 Å². The fraction of sp³-hybridized carbons (Fsp3) is 0.211.